The van der Waals surface area contributed by atoms with E-state index in [-0.39, 0.29) is 0 Å². The van der Waals surface area contributed by atoms with Gasteiger partial charge in [-0.15, -0.1) is 0 Å². The Labute approximate surface area is 260 Å². The van der Waals surface area contributed by atoms with Crippen LogP contribution < -0.4 is 0 Å². The lowest BCUT2D eigenvalue weighted by Crippen LogP contribution is -1.94. The minimum Gasteiger partial charge on any atom is -0.309 e. The molecule has 0 atom stereocenters. The highest BCUT2D eigenvalue weighted by molar-refractivity contribution is 6.29. The quantitative estimate of drug-likeness (QED) is 0.187. The lowest BCUT2D eigenvalue weighted by atomic mass is 9.89. The van der Waals surface area contributed by atoms with Crippen LogP contribution in [0.3, 0.4) is 0 Å². The molecule has 0 spiro atoms. The third-order valence-corrected chi connectivity index (χ3v) is 9.75. The van der Waals surface area contributed by atoms with Gasteiger partial charge in [0.15, 0.2) is 0 Å². The van der Waals surface area contributed by atoms with Gasteiger partial charge in [-0.1, -0.05) is 140 Å². The van der Waals surface area contributed by atoms with E-state index in [4.69, 9.17) is 0 Å². The van der Waals surface area contributed by atoms with Crippen molar-refractivity contribution in [3.05, 3.63) is 164 Å². The minimum atomic E-state index is 1.18. The summed E-state index contributed by atoms with van der Waals surface area (Å²) in [7, 11) is 0. The number of rotatable bonds is 3. The van der Waals surface area contributed by atoms with E-state index in [0.717, 1.165) is 0 Å². The zero-order valence-electron chi connectivity index (χ0n) is 24.5. The highest BCUT2D eigenvalue weighted by Crippen LogP contribution is 2.46. The fraction of sp³-hybridized carbons (Fsp3) is 0. The summed E-state index contributed by atoms with van der Waals surface area (Å²) in [5.74, 6) is 0. The summed E-state index contributed by atoms with van der Waals surface area (Å²) in [5, 5.41) is 12.8. The molecule has 1 aromatic heterocycles. The molecule has 0 saturated heterocycles. The number of nitrogens with zero attached hydrogens (tertiary/aromatic N) is 1. The topological polar surface area (TPSA) is 4.93 Å². The van der Waals surface area contributed by atoms with Gasteiger partial charge in [-0.2, -0.15) is 0 Å². The van der Waals surface area contributed by atoms with Crippen LogP contribution in [-0.2, 0) is 0 Å². The average molecular weight is 570 g/mol. The SMILES string of the molecule is c1ccc2cc(-n3c4ccc(-c5cccc6ccccc56)c5ccc6c(-c7cccc8ccccc78)ccc3c6c54)ccc2c1. The van der Waals surface area contributed by atoms with Gasteiger partial charge in [0.1, 0.15) is 0 Å². The minimum absolute atomic E-state index is 1.18. The molecule has 208 valence electrons. The first-order valence-electron chi connectivity index (χ1n) is 15.6. The molecule has 0 fully saturated rings. The molecule has 45 heavy (non-hydrogen) atoms. The molecule has 1 heteroatoms. The Hall–Kier alpha value is -5.92. The van der Waals surface area contributed by atoms with Crippen LogP contribution in [0.2, 0.25) is 0 Å². The smallest absolute Gasteiger partial charge is 0.0547 e. The van der Waals surface area contributed by atoms with Crippen molar-refractivity contribution in [3.8, 4) is 27.9 Å². The summed E-state index contributed by atoms with van der Waals surface area (Å²) in [6, 6.07) is 60.3. The Balaban J connectivity index is 1.35. The molecule has 10 aromatic rings. The average Bonchev–Trinajstić information content (AvgIpc) is 3.45. The maximum atomic E-state index is 2.47. The maximum absolute atomic E-state index is 2.47. The normalized spacial score (nSPS) is 12.0. The molecule has 0 bridgehead atoms. The number of aromatic nitrogens is 1. The van der Waals surface area contributed by atoms with Crippen LogP contribution in [0, 0.1) is 0 Å². The number of fused-ring (bicyclic) bond motifs is 3. The Kier molecular flexibility index (Phi) is 5.06. The van der Waals surface area contributed by atoms with Crippen LogP contribution in [0.1, 0.15) is 0 Å². The molecule has 0 aliphatic rings. The summed E-state index contributed by atoms with van der Waals surface area (Å²) in [5.41, 5.74) is 8.75. The van der Waals surface area contributed by atoms with Crippen molar-refractivity contribution < 1.29 is 0 Å². The summed E-state index contributed by atoms with van der Waals surface area (Å²) < 4.78 is 2.47. The molecule has 1 heterocycles. The van der Waals surface area contributed by atoms with E-state index < -0.39 is 0 Å². The van der Waals surface area contributed by atoms with E-state index >= 15 is 0 Å². The van der Waals surface area contributed by atoms with Crippen molar-refractivity contribution in [1.29, 1.82) is 0 Å². The molecule has 0 N–H and O–H groups in total. The predicted molar refractivity (Wildman–Crippen MR) is 193 cm³/mol. The van der Waals surface area contributed by atoms with Crippen LogP contribution >= 0.6 is 0 Å². The van der Waals surface area contributed by atoms with E-state index in [1.807, 2.05) is 0 Å². The van der Waals surface area contributed by atoms with Crippen molar-refractivity contribution in [2.45, 2.75) is 0 Å². The van der Waals surface area contributed by atoms with E-state index in [1.54, 1.807) is 0 Å². The van der Waals surface area contributed by atoms with Gasteiger partial charge in [0.25, 0.3) is 0 Å². The van der Waals surface area contributed by atoms with Crippen LogP contribution in [0.15, 0.2) is 164 Å². The number of benzene rings is 9. The van der Waals surface area contributed by atoms with Crippen LogP contribution in [0.4, 0.5) is 0 Å². The molecular weight excluding hydrogens is 542 g/mol. The number of hydrogen-bond donors (Lipinski definition) is 0. The van der Waals surface area contributed by atoms with Gasteiger partial charge in [0, 0.05) is 16.5 Å². The molecule has 0 radical (unpaired) electrons. The van der Waals surface area contributed by atoms with Gasteiger partial charge in [-0.3, -0.25) is 0 Å². The van der Waals surface area contributed by atoms with Crippen molar-refractivity contribution in [2.24, 2.45) is 0 Å². The fourth-order valence-corrected chi connectivity index (χ4v) is 7.74. The van der Waals surface area contributed by atoms with Crippen molar-refractivity contribution in [2.75, 3.05) is 0 Å². The number of hydrogen-bond acceptors (Lipinski definition) is 0. The van der Waals surface area contributed by atoms with Gasteiger partial charge >= 0.3 is 0 Å². The first-order chi connectivity index (χ1) is 22.3. The first-order valence-corrected chi connectivity index (χ1v) is 15.6. The molecule has 0 amide bonds. The third-order valence-electron chi connectivity index (χ3n) is 9.75. The second-order valence-electron chi connectivity index (χ2n) is 12.1. The van der Waals surface area contributed by atoms with Gasteiger partial charge < -0.3 is 4.57 Å². The van der Waals surface area contributed by atoms with Crippen LogP contribution in [-0.4, -0.2) is 4.57 Å². The molecule has 0 unspecified atom stereocenters. The highest BCUT2D eigenvalue weighted by Gasteiger charge is 2.22. The summed E-state index contributed by atoms with van der Waals surface area (Å²) in [6.45, 7) is 0. The maximum Gasteiger partial charge on any atom is 0.0547 e. The fourth-order valence-electron chi connectivity index (χ4n) is 7.74. The molecule has 10 rings (SSSR count). The lowest BCUT2D eigenvalue weighted by Gasteiger charge is -2.14. The molecule has 9 aromatic carbocycles. The first kappa shape index (κ1) is 24.5. The zero-order valence-corrected chi connectivity index (χ0v) is 24.5. The lowest BCUT2D eigenvalue weighted by molar-refractivity contribution is 1.19. The van der Waals surface area contributed by atoms with E-state index in [0.29, 0.717) is 0 Å². The van der Waals surface area contributed by atoms with Crippen molar-refractivity contribution in [1.82, 2.24) is 4.57 Å². The van der Waals surface area contributed by atoms with Gasteiger partial charge in [0.05, 0.1) is 11.0 Å². The van der Waals surface area contributed by atoms with Gasteiger partial charge in [-0.05, 0) is 89.6 Å². The van der Waals surface area contributed by atoms with Crippen LogP contribution in [0.5, 0.6) is 0 Å². The largest absolute Gasteiger partial charge is 0.309 e. The van der Waals surface area contributed by atoms with Gasteiger partial charge in [0.2, 0.25) is 0 Å². The Bertz CT molecular complexity index is 2600. The van der Waals surface area contributed by atoms with Crippen molar-refractivity contribution in [3.63, 3.8) is 0 Å². The Morgan fingerprint density at radius 2 is 0.756 bits per heavy atom. The predicted octanol–water partition coefficient (Wildman–Crippen LogP) is 12.2. The Morgan fingerprint density at radius 1 is 0.289 bits per heavy atom. The Morgan fingerprint density at radius 3 is 1.33 bits per heavy atom. The molecular formula is C44H27N. The van der Waals surface area contributed by atoms with Gasteiger partial charge in [-0.25, -0.2) is 0 Å². The molecule has 0 aliphatic carbocycles. The van der Waals surface area contributed by atoms with E-state index in [2.05, 4.69) is 168 Å². The molecule has 0 saturated carbocycles. The second-order valence-corrected chi connectivity index (χ2v) is 12.1. The second kappa shape index (κ2) is 9.29. The standard InChI is InChI=1S/C44H27N/c1-2-12-31-27-32(20-19-28(31)9-1)45-41-25-23-37(35-17-7-13-29-10-3-5-15-33(29)35)39-21-22-40-38(24-26-42(45)44(40)43(39)41)36-18-8-14-30-11-4-6-16-34(30)36/h1-27H. The summed E-state index contributed by atoms with van der Waals surface area (Å²) in [6.07, 6.45) is 0. The van der Waals surface area contributed by atoms with E-state index in [9.17, 15) is 0 Å². The van der Waals surface area contributed by atoms with E-state index in [1.165, 1.54) is 92.8 Å². The molecule has 0 aliphatic heterocycles. The highest BCUT2D eigenvalue weighted by atomic mass is 15.0. The monoisotopic (exact) mass is 569 g/mol. The summed E-state index contributed by atoms with van der Waals surface area (Å²) >= 11 is 0. The third kappa shape index (κ3) is 3.50. The summed E-state index contributed by atoms with van der Waals surface area (Å²) in [4.78, 5) is 0. The molecule has 1 nitrogen and oxygen atoms in total. The van der Waals surface area contributed by atoms with Crippen molar-refractivity contribution >= 4 is 64.9 Å². The van der Waals surface area contributed by atoms with Crippen LogP contribution in [0.25, 0.3) is 92.8 Å². The zero-order chi connectivity index (χ0) is 29.5.